The van der Waals surface area contributed by atoms with Crippen LogP contribution in [0.1, 0.15) is 6.42 Å². The lowest BCUT2D eigenvalue weighted by molar-refractivity contribution is -0.117. The van der Waals surface area contributed by atoms with Crippen LogP contribution in [0.5, 0.6) is 0 Å². The van der Waals surface area contributed by atoms with Gasteiger partial charge in [-0.2, -0.15) is 0 Å². The predicted octanol–water partition coefficient (Wildman–Crippen LogP) is 3.20. The maximum atomic E-state index is 13.2. The summed E-state index contributed by atoms with van der Waals surface area (Å²) in [4.78, 5) is 28.4. The summed E-state index contributed by atoms with van der Waals surface area (Å²) < 4.78 is 26.1. The molecule has 1 aliphatic heterocycles. The molecule has 1 fully saturated rings. The fourth-order valence-corrected chi connectivity index (χ4v) is 3.37. The molecule has 160 valence electrons. The smallest absolute Gasteiger partial charge is 0.238 e. The van der Waals surface area contributed by atoms with E-state index in [1.54, 1.807) is 18.2 Å². The predicted molar refractivity (Wildman–Crippen MR) is 113 cm³/mol. The zero-order chi connectivity index (χ0) is 21.5. The molecule has 9 heteroatoms. The van der Waals surface area contributed by atoms with Crippen molar-refractivity contribution in [1.29, 1.82) is 0 Å². The molecule has 6 nitrogen and oxygen atoms in total. The molecule has 0 saturated carbocycles. The summed E-state index contributed by atoms with van der Waals surface area (Å²) in [5.41, 5.74) is 0.822. The Kier molecular flexibility index (Phi) is 7.73. The zero-order valence-electron chi connectivity index (χ0n) is 16.3. The van der Waals surface area contributed by atoms with Crippen LogP contribution in [0.25, 0.3) is 0 Å². The standard InChI is InChI=1S/C21H23ClF2N4O2/c22-16-3-1-2-4-19(16)26-21(30)14-28-11-9-27(10-12-28)8-7-20(29)25-15-5-6-17(23)18(24)13-15/h1-6,13H,7-12,14H2,(H,25,29)(H,26,30). The Morgan fingerprint density at radius 3 is 2.30 bits per heavy atom. The third-order valence-electron chi connectivity index (χ3n) is 4.84. The summed E-state index contributed by atoms with van der Waals surface area (Å²) >= 11 is 6.05. The molecule has 0 unspecified atom stereocenters. The van der Waals surface area contributed by atoms with Gasteiger partial charge < -0.3 is 15.5 Å². The van der Waals surface area contributed by atoms with Gasteiger partial charge in [-0.05, 0) is 24.3 Å². The van der Waals surface area contributed by atoms with E-state index in [2.05, 4.69) is 15.5 Å². The molecule has 1 heterocycles. The largest absolute Gasteiger partial charge is 0.326 e. The lowest BCUT2D eigenvalue weighted by atomic mass is 10.2. The second-order valence-electron chi connectivity index (χ2n) is 7.07. The molecule has 0 spiro atoms. The molecule has 0 radical (unpaired) electrons. The van der Waals surface area contributed by atoms with Crippen LogP contribution in [0.3, 0.4) is 0 Å². The van der Waals surface area contributed by atoms with Gasteiger partial charge in [-0.25, -0.2) is 8.78 Å². The molecule has 0 aromatic heterocycles. The van der Waals surface area contributed by atoms with E-state index in [1.165, 1.54) is 6.07 Å². The molecule has 1 saturated heterocycles. The van der Waals surface area contributed by atoms with Crippen molar-refractivity contribution in [3.63, 3.8) is 0 Å². The SMILES string of the molecule is O=C(CCN1CCN(CC(=O)Nc2ccccc2Cl)CC1)Nc1ccc(F)c(F)c1. The van der Waals surface area contributed by atoms with Gasteiger partial charge in [0.2, 0.25) is 11.8 Å². The van der Waals surface area contributed by atoms with Gasteiger partial charge in [0, 0.05) is 50.9 Å². The molecular weight excluding hydrogens is 414 g/mol. The van der Waals surface area contributed by atoms with Crippen LogP contribution >= 0.6 is 11.6 Å². The molecule has 30 heavy (non-hydrogen) atoms. The fourth-order valence-electron chi connectivity index (χ4n) is 3.18. The minimum atomic E-state index is -0.998. The first-order valence-corrected chi connectivity index (χ1v) is 10.0. The Balaban J connectivity index is 1.36. The summed E-state index contributed by atoms with van der Waals surface area (Å²) in [5.74, 6) is -2.33. The molecule has 0 aliphatic carbocycles. The molecule has 1 aliphatic rings. The van der Waals surface area contributed by atoms with E-state index in [0.717, 1.165) is 25.2 Å². The maximum Gasteiger partial charge on any atom is 0.238 e. The van der Waals surface area contributed by atoms with Crippen molar-refractivity contribution in [2.24, 2.45) is 0 Å². The Labute approximate surface area is 178 Å². The third-order valence-corrected chi connectivity index (χ3v) is 5.17. The molecule has 2 aromatic rings. The van der Waals surface area contributed by atoms with Crippen LogP contribution in [-0.4, -0.2) is 60.9 Å². The fraction of sp³-hybridized carbons (Fsp3) is 0.333. The number of benzene rings is 2. The third kappa shape index (κ3) is 6.48. The number of para-hydroxylation sites is 1. The van der Waals surface area contributed by atoms with Crippen molar-refractivity contribution in [2.45, 2.75) is 6.42 Å². The second-order valence-corrected chi connectivity index (χ2v) is 7.48. The topological polar surface area (TPSA) is 64.7 Å². The number of hydrogen-bond acceptors (Lipinski definition) is 4. The lowest BCUT2D eigenvalue weighted by Gasteiger charge is -2.34. The number of carbonyl (C=O) groups is 2. The van der Waals surface area contributed by atoms with Crippen LogP contribution in [0.2, 0.25) is 5.02 Å². The highest BCUT2D eigenvalue weighted by molar-refractivity contribution is 6.33. The first-order valence-electron chi connectivity index (χ1n) is 9.65. The number of nitrogens with zero attached hydrogens (tertiary/aromatic N) is 2. The van der Waals surface area contributed by atoms with Crippen molar-refractivity contribution in [2.75, 3.05) is 49.9 Å². The van der Waals surface area contributed by atoms with Gasteiger partial charge in [-0.3, -0.25) is 14.5 Å². The number of nitrogens with one attached hydrogen (secondary N) is 2. The summed E-state index contributed by atoms with van der Waals surface area (Å²) in [5, 5.41) is 5.87. The van der Waals surface area contributed by atoms with E-state index >= 15 is 0 Å². The number of amides is 2. The van der Waals surface area contributed by atoms with E-state index in [-0.39, 0.29) is 30.5 Å². The Morgan fingerprint density at radius 2 is 1.60 bits per heavy atom. The van der Waals surface area contributed by atoms with Gasteiger partial charge in [-0.15, -0.1) is 0 Å². The van der Waals surface area contributed by atoms with Crippen molar-refractivity contribution < 1.29 is 18.4 Å². The van der Waals surface area contributed by atoms with Gasteiger partial charge in [0.1, 0.15) is 0 Å². The normalized spacial score (nSPS) is 15.0. The van der Waals surface area contributed by atoms with Crippen LogP contribution in [0.4, 0.5) is 20.2 Å². The van der Waals surface area contributed by atoms with Crippen LogP contribution in [-0.2, 0) is 9.59 Å². The molecule has 0 atom stereocenters. The summed E-state index contributed by atoms with van der Waals surface area (Å²) in [6.45, 7) is 3.71. The minimum absolute atomic E-state index is 0.123. The minimum Gasteiger partial charge on any atom is -0.326 e. The summed E-state index contributed by atoms with van der Waals surface area (Å²) in [7, 11) is 0. The summed E-state index contributed by atoms with van der Waals surface area (Å²) in [6, 6.07) is 10.3. The van der Waals surface area contributed by atoms with Gasteiger partial charge in [0.25, 0.3) is 0 Å². The molecular formula is C21H23ClF2N4O2. The quantitative estimate of drug-likeness (QED) is 0.699. The number of hydrogen-bond donors (Lipinski definition) is 2. The molecule has 0 bridgehead atoms. The molecule has 3 rings (SSSR count). The number of rotatable bonds is 7. The van der Waals surface area contributed by atoms with Crippen molar-refractivity contribution in [1.82, 2.24) is 9.80 Å². The molecule has 2 amide bonds. The highest BCUT2D eigenvalue weighted by atomic mass is 35.5. The number of piperazine rings is 1. The van der Waals surface area contributed by atoms with Gasteiger partial charge in [0.05, 0.1) is 17.3 Å². The first kappa shape index (κ1) is 22.1. The van der Waals surface area contributed by atoms with Crippen molar-refractivity contribution in [3.05, 3.63) is 59.1 Å². The molecule has 2 N–H and O–H groups in total. The Morgan fingerprint density at radius 1 is 0.900 bits per heavy atom. The van der Waals surface area contributed by atoms with E-state index in [4.69, 9.17) is 11.6 Å². The van der Waals surface area contributed by atoms with E-state index < -0.39 is 11.6 Å². The monoisotopic (exact) mass is 436 g/mol. The second kappa shape index (κ2) is 10.5. The zero-order valence-corrected chi connectivity index (χ0v) is 17.1. The van der Waals surface area contributed by atoms with Crippen molar-refractivity contribution >= 4 is 34.8 Å². The van der Waals surface area contributed by atoms with E-state index in [9.17, 15) is 18.4 Å². The Hall–Kier alpha value is -2.55. The molecule has 2 aromatic carbocycles. The average Bonchev–Trinajstić information content (AvgIpc) is 2.72. The van der Waals surface area contributed by atoms with Crippen LogP contribution in [0.15, 0.2) is 42.5 Å². The van der Waals surface area contributed by atoms with Crippen LogP contribution < -0.4 is 10.6 Å². The number of carbonyl (C=O) groups excluding carboxylic acids is 2. The van der Waals surface area contributed by atoms with E-state index in [1.807, 2.05) is 11.0 Å². The Bertz CT molecular complexity index is 904. The van der Waals surface area contributed by atoms with Crippen molar-refractivity contribution in [3.8, 4) is 0 Å². The van der Waals surface area contributed by atoms with Crippen LogP contribution in [0, 0.1) is 11.6 Å². The first-order chi connectivity index (χ1) is 14.4. The number of anilines is 2. The highest BCUT2D eigenvalue weighted by Crippen LogP contribution is 2.20. The van der Waals surface area contributed by atoms with Gasteiger partial charge in [-0.1, -0.05) is 23.7 Å². The maximum absolute atomic E-state index is 13.2. The van der Waals surface area contributed by atoms with E-state index in [0.29, 0.717) is 30.3 Å². The highest BCUT2D eigenvalue weighted by Gasteiger charge is 2.20. The lowest BCUT2D eigenvalue weighted by Crippen LogP contribution is -2.49. The summed E-state index contributed by atoms with van der Waals surface area (Å²) in [6.07, 6.45) is 0.242. The number of halogens is 3. The van der Waals surface area contributed by atoms with Gasteiger partial charge >= 0.3 is 0 Å². The average molecular weight is 437 g/mol. The van der Waals surface area contributed by atoms with Gasteiger partial charge in [0.15, 0.2) is 11.6 Å².